The number of nitrogens with zero attached hydrogens (tertiary/aromatic N) is 2. The van der Waals surface area contributed by atoms with Gasteiger partial charge in [0.15, 0.2) is 0 Å². The number of halogens is 1. The second-order valence-corrected chi connectivity index (χ2v) is 6.54. The Labute approximate surface area is 173 Å². The summed E-state index contributed by atoms with van der Waals surface area (Å²) in [5.41, 5.74) is 0.378. The van der Waals surface area contributed by atoms with Crippen molar-refractivity contribution in [3.05, 3.63) is 48.0 Å². The molecule has 0 saturated heterocycles. The van der Waals surface area contributed by atoms with Crippen LogP contribution < -0.4 is 40.0 Å². The van der Waals surface area contributed by atoms with Gasteiger partial charge in [0.1, 0.15) is 5.82 Å². The van der Waals surface area contributed by atoms with E-state index in [4.69, 9.17) is 0 Å². The van der Waals surface area contributed by atoms with E-state index in [1.165, 1.54) is 10.7 Å². The SMILES string of the molecule is O=C([O-])CC1(CC(=O)NCc2c(F)cccc2-n2cccn2)CCC1.[Na+]. The first-order chi connectivity index (χ1) is 12.0. The summed E-state index contributed by atoms with van der Waals surface area (Å²) < 4.78 is 15.7. The zero-order valence-electron chi connectivity index (χ0n) is 14.7. The molecule has 0 spiro atoms. The quantitative estimate of drug-likeness (QED) is 0.593. The Morgan fingerprint density at radius 3 is 2.62 bits per heavy atom. The molecule has 1 fully saturated rings. The molecule has 0 radical (unpaired) electrons. The van der Waals surface area contributed by atoms with Gasteiger partial charge in [0.05, 0.1) is 5.69 Å². The summed E-state index contributed by atoms with van der Waals surface area (Å²) in [5, 5.41) is 17.7. The average molecular weight is 367 g/mol. The third kappa shape index (κ3) is 4.72. The minimum atomic E-state index is -1.14. The second kappa shape index (κ2) is 8.79. The van der Waals surface area contributed by atoms with Gasteiger partial charge in [-0.2, -0.15) is 5.10 Å². The van der Waals surface area contributed by atoms with Gasteiger partial charge in [0.25, 0.3) is 0 Å². The number of aromatic nitrogens is 2. The van der Waals surface area contributed by atoms with Crippen LogP contribution in [0.25, 0.3) is 5.69 Å². The molecule has 3 rings (SSSR count). The zero-order chi connectivity index (χ0) is 17.9. The number of hydrogen-bond donors (Lipinski definition) is 1. The molecule has 6 nitrogen and oxygen atoms in total. The molecule has 1 aliphatic carbocycles. The van der Waals surface area contributed by atoms with Crippen molar-refractivity contribution in [1.82, 2.24) is 15.1 Å². The molecule has 1 aliphatic rings. The van der Waals surface area contributed by atoms with E-state index in [0.717, 1.165) is 6.42 Å². The van der Waals surface area contributed by atoms with Crippen molar-refractivity contribution >= 4 is 11.9 Å². The van der Waals surface area contributed by atoms with Gasteiger partial charge >= 0.3 is 29.6 Å². The molecule has 8 heteroatoms. The van der Waals surface area contributed by atoms with Crippen LogP contribution in [-0.2, 0) is 16.1 Å². The van der Waals surface area contributed by atoms with Gasteiger partial charge in [-0.3, -0.25) is 4.79 Å². The first-order valence-electron chi connectivity index (χ1n) is 8.23. The van der Waals surface area contributed by atoms with Crippen molar-refractivity contribution in [1.29, 1.82) is 0 Å². The topological polar surface area (TPSA) is 87.0 Å². The molecule has 0 unspecified atom stereocenters. The van der Waals surface area contributed by atoms with Crippen LogP contribution in [0.5, 0.6) is 0 Å². The van der Waals surface area contributed by atoms with Crippen molar-refractivity contribution < 1.29 is 48.6 Å². The Morgan fingerprint density at radius 2 is 2.04 bits per heavy atom. The van der Waals surface area contributed by atoms with Crippen LogP contribution in [0.2, 0.25) is 0 Å². The van der Waals surface area contributed by atoms with E-state index < -0.39 is 17.2 Å². The maximum absolute atomic E-state index is 14.2. The molecule has 1 amide bonds. The molecule has 2 aromatic rings. The Bertz CT molecular complexity index is 776. The number of carbonyl (C=O) groups excluding carboxylic acids is 2. The maximum Gasteiger partial charge on any atom is 1.00 e. The monoisotopic (exact) mass is 367 g/mol. The van der Waals surface area contributed by atoms with E-state index >= 15 is 0 Å². The first kappa shape index (κ1) is 20.6. The van der Waals surface area contributed by atoms with Gasteiger partial charge in [-0.15, -0.1) is 0 Å². The molecule has 0 atom stereocenters. The molecular formula is C18H19FN3NaO3. The Balaban J connectivity index is 0.00000243. The number of rotatable bonds is 7. The van der Waals surface area contributed by atoms with E-state index in [9.17, 15) is 19.1 Å². The van der Waals surface area contributed by atoms with Crippen LogP contribution in [0.1, 0.15) is 37.7 Å². The largest absolute Gasteiger partial charge is 1.00 e. The molecule has 1 heterocycles. The number of aliphatic carboxylic acids is 1. The van der Waals surface area contributed by atoms with E-state index in [0.29, 0.717) is 24.1 Å². The smallest absolute Gasteiger partial charge is 0.550 e. The molecule has 1 N–H and O–H groups in total. The predicted molar refractivity (Wildman–Crippen MR) is 85.9 cm³/mol. The molecule has 1 aromatic heterocycles. The third-order valence-corrected chi connectivity index (χ3v) is 4.78. The van der Waals surface area contributed by atoms with Crippen LogP contribution in [-0.4, -0.2) is 21.7 Å². The van der Waals surface area contributed by atoms with Crippen LogP contribution in [0.3, 0.4) is 0 Å². The summed E-state index contributed by atoms with van der Waals surface area (Å²) in [6, 6.07) is 6.37. The second-order valence-electron chi connectivity index (χ2n) is 6.54. The number of hydrogen-bond acceptors (Lipinski definition) is 4. The van der Waals surface area contributed by atoms with Gasteiger partial charge < -0.3 is 15.2 Å². The summed E-state index contributed by atoms with van der Waals surface area (Å²) in [5.74, 6) is -1.85. The van der Waals surface area contributed by atoms with Crippen molar-refractivity contribution in [3.63, 3.8) is 0 Å². The summed E-state index contributed by atoms with van der Waals surface area (Å²) in [6.07, 6.45) is 5.61. The average Bonchev–Trinajstić information content (AvgIpc) is 3.05. The van der Waals surface area contributed by atoms with E-state index in [2.05, 4.69) is 10.4 Å². The molecule has 1 saturated carbocycles. The Morgan fingerprint density at radius 1 is 1.27 bits per heavy atom. The molecular weight excluding hydrogens is 348 g/mol. The van der Waals surface area contributed by atoms with E-state index in [1.807, 2.05) is 0 Å². The fourth-order valence-corrected chi connectivity index (χ4v) is 3.34. The number of carboxylic acid groups (broad SMARTS) is 1. The van der Waals surface area contributed by atoms with Crippen molar-refractivity contribution in [2.24, 2.45) is 5.41 Å². The molecule has 1 aromatic carbocycles. The Kier molecular flexibility index (Phi) is 6.97. The van der Waals surface area contributed by atoms with Crippen molar-refractivity contribution in [3.8, 4) is 5.69 Å². The number of carbonyl (C=O) groups is 2. The number of carboxylic acids is 1. The van der Waals surface area contributed by atoms with Gasteiger partial charge in [-0.1, -0.05) is 12.5 Å². The Hall–Kier alpha value is -1.70. The van der Waals surface area contributed by atoms with Crippen molar-refractivity contribution in [2.75, 3.05) is 0 Å². The maximum atomic E-state index is 14.2. The minimum absolute atomic E-state index is 0. The summed E-state index contributed by atoms with van der Waals surface area (Å²) in [4.78, 5) is 23.1. The third-order valence-electron chi connectivity index (χ3n) is 4.78. The summed E-state index contributed by atoms with van der Waals surface area (Å²) >= 11 is 0. The standard InChI is InChI=1S/C18H20FN3O3.Na/c19-14-4-1-5-15(22-9-3-8-21-22)13(14)12-20-16(23)10-18(6-2-7-18)11-17(24)25;/h1,3-5,8-9H,2,6-7,10-12H2,(H,20,23)(H,24,25);/q;+1/p-1. The summed E-state index contributed by atoms with van der Waals surface area (Å²) in [6.45, 7) is 0.0160. The number of benzene rings is 1. The number of nitrogens with one attached hydrogen (secondary N) is 1. The molecule has 132 valence electrons. The van der Waals surface area contributed by atoms with Crippen molar-refractivity contribution in [2.45, 2.75) is 38.6 Å². The van der Waals surface area contributed by atoms with Crippen LogP contribution in [0.4, 0.5) is 4.39 Å². The van der Waals surface area contributed by atoms with Gasteiger partial charge in [-0.05, 0) is 42.9 Å². The summed E-state index contributed by atoms with van der Waals surface area (Å²) in [7, 11) is 0. The first-order valence-corrected chi connectivity index (χ1v) is 8.23. The minimum Gasteiger partial charge on any atom is -0.550 e. The zero-order valence-corrected chi connectivity index (χ0v) is 16.7. The normalized spacial score (nSPS) is 14.8. The fourth-order valence-electron chi connectivity index (χ4n) is 3.34. The van der Waals surface area contributed by atoms with Gasteiger partial charge in [0, 0.05) is 36.9 Å². The van der Waals surface area contributed by atoms with Crippen LogP contribution >= 0.6 is 0 Å². The van der Waals surface area contributed by atoms with Gasteiger partial charge in [-0.25, -0.2) is 9.07 Å². The van der Waals surface area contributed by atoms with Crippen LogP contribution in [0, 0.1) is 11.2 Å². The molecule has 26 heavy (non-hydrogen) atoms. The molecule has 0 bridgehead atoms. The van der Waals surface area contributed by atoms with E-state index in [1.54, 1.807) is 30.6 Å². The van der Waals surface area contributed by atoms with E-state index in [-0.39, 0.29) is 54.9 Å². The molecule has 0 aliphatic heterocycles. The fraction of sp³-hybridized carbons (Fsp3) is 0.389. The predicted octanol–water partition coefficient (Wildman–Crippen LogP) is -1.67. The number of amides is 1. The van der Waals surface area contributed by atoms with Gasteiger partial charge in [0.2, 0.25) is 5.91 Å². The van der Waals surface area contributed by atoms with Crippen LogP contribution in [0.15, 0.2) is 36.7 Å².